The molecule has 0 radical (unpaired) electrons. The summed E-state index contributed by atoms with van der Waals surface area (Å²) in [5.41, 5.74) is 5.02. The van der Waals surface area contributed by atoms with Gasteiger partial charge >= 0.3 is 6.03 Å². The van der Waals surface area contributed by atoms with Crippen molar-refractivity contribution in [2.45, 2.75) is 64.4 Å². The average Bonchev–Trinajstić information content (AvgIpc) is 3.01. The molecular formula is C33H41N3O4. The number of ether oxygens (including phenoxy) is 2. The van der Waals surface area contributed by atoms with Gasteiger partial charge in [-0.3, -0.25) is 0 Å². The molecule has 212 valence electrons. The van der Waals surface area contributed by atoms with E-state index < -0.39 is 6.29 Å². The number of hydrogen-bond donors (Lipinski definition) is 3. The third-order valence-corrected chi connectivity index (χ3v) is 8.01. The third-order valence-electron chi connectivity index (χ3n) is 8.01. The highest BCUT2D eigenvalue weighted by molar-refractivity contribution is 5.73. The van der Waals surface area contributed by atoms with Crippen LogP contribution in [0.4, 0.5) is 4.79 Å². The quantitative estimate of drug-likeness (QED) is 0.334. The van der Waals surface area contributed by atoms with Gasteiger partial charge in [0, 0.05) is 31.1 Å². The molecule has 2 aliphatic heterocycles. The van der Waals surface area contributed by atoms with Crippen LogP contribution in [0.25, 0.3) is 0 Å². The SMILES string of the molecule is C[C@H]1[C@@H](CN2CCCCC2)O[C@@H](c2ccc(CNC(=O)NCc3ccccc3)cc2)O[C@H]1c1ccc(CO)cc1. The van der Waals surface area contributed by atoms with Gasteiger partial charge in [0.15, 0.2) is 6.29 Å². The Morgan fingerprint density at radius 3 is 2.05 bits per heavy atom. The van der Waals surface area contributed by atoms with Crippen LogP contribution in [0.3, 0.4) is 0 Å². The van der Waals surface area contributed by atoms with Crippen LogP contribution in [0.2, 0.25) is 0 Å². The van der Waals surface area contributed by atoms with Crippen molar-refractivity contribution in [2.24, 2.45) is 5.92 Å². The van der Waals surface area contributed by atoms with Crippen molar-refractivity contribution in [3.8, 4) is 0 Å². The molecule has 0 spiro atoms. The Balaban J connectivity index is 1.23. The molecule has 3 N–H and O–H groups in total. The van der Waals surface area contributed by atoms with Crippen molar-refractivity contribution in [3.63, 3.8) is 0 Å². The van der Waals surface area contributed by atoms with Gasteiger partial charge in [0.25, 0.3) is 0 Å². The minimum absolute atomic E-state index is 0.0283. The summed E-state index contributed by atoms with van der Waals surface area (Å²) in [5, 5.41) is 15.3. The van der Waals surface area contributed by atoms with Crippen molar-refractivity contribution in [1.29, 1.82) is 0 Å². The molecule has 7 heteroatoms. The first-order chi connectivity index (χ1) is 19.6. The Hall–Kier alpha value is -3.23. The van der Waals surface area contributed by atoms with E-state index in [0.29, 0.717) is 13.1 Å². The largest absolute Gasteiger partial charge is 0.392 e. The van der Waals surface area contributed by atoms with Crippen molar-refractivity contribution < 1.29 is 19.4 Å². The summed E-state index contributed by atoms with van der Waals surface area (Å²) in [5.74, 6) is 0.177. The van der Waals surface area contributed by atoms with Crippen LogP contribution in [-0.2, 0) is 29.2 Å². The first-order valence-corrected chi connectivity index (χ1v) is 14.5. The number of urea groups is 1. The molecule has 40 heavy (non-hydrogen) atoms. The smallest absolute Gasteiger partial charge is 0.315 e. The summed E-state index contributed by atoms with van der Waals surface area (Å²) in [7, 11) is 0. The lowest BCUT2D eigenvalue weighted by atomic mass is 9.89. The fourth-order valence-electron chi connectivity index (χ4n) is 5.54. The number of amides is 2. The maximum Gasteiger partial charge on any atom is 0.315 e. The second-order valence-corrected chi connectivity index (χ2v) is 10.9. The lowest BCUT2D eigenvalue weighted by Crippen LogP contribution is -2.45. The molecule has 2 fully saturated rings. The Morgan fingerprint density at radius 2 is 1.40 bits per heavy atom. The lowest BCUT2D eigenvalue weighted by molar-refractivity contribution is -0.276. The first-order valence-electron chi connectivity index (χ1n) is 14.5. The average molecular weight is 544 g/mol. The Bertz CT molecular complexity index is 1200. The highest BCUT2D eigenvalue weighted by Crippen LogP contribution is 2.42. The number of aliphatic hydroxyl groups excluding tert-OH is 1. The van der Waals surface area contributed by atoms with E-state index >= 15 is 0 Å². The summed E-state index contributed by atoms with van der Waals surface area (Å²) in [6, 6.07) is 25.8. The summed E-state index contributed by atoms with van der Waals surface area (Å²) in [6.45, 7) is 6.30. The van der Waals surface area contributed by atoms with Gasteiger partial charge in [-0.05, 0) is 48.2 Å². The van der Waals surface area contributed by atoms with Crippen LogP contribution < -0.4 is 10.6 Å². The van der Waals surface area contributed by atoms with Gasteiger partial charge in [0.1, 0.15) is 0 Å². The number of nitrogens with one attached hydrogen (secondary N) is 2. The number of carbonyl (C=O) groups is 1. The van der Waals surface area contributed by atoms with Gasteiger partial charge in [-0.2, -0.15) is 0 Å². The summed E-state index contributed by atoms with van der Waals surface area (Å²) < 4.78 is 13.2. The normalized spacial score (nSPS) is 23.4. The lowest BCUT2D eigenvalue weighted by Gasteiger charge is -2.43. The number of hydrogen-bond acceptors (Lipinski definition) is 5. The van der Waals surface area contributed by atoms with Crippen LogP contribution in [-0.4, -0.2) is 41.8 Å². The van der Waals surface area contributed by atoms with Gasteiger partial charge in [0.2, 0.25) is 0 Å². The second-order valence-electron chi connectivity index (χ2n) is 10.9. The highest BCUT2D eigenvalue weighted by atomic mass is 16.7. The minimum atomic E-state index is -0.482. The van der Waals surface area contributed by atoms with Gasteiger partial charge in [-0.25, -0.2) is 4.79 Å². The maximum atomic E-state index is 12.3. The van der Waals surface area contributed by atoms with Crippen molar-refractivity contribution in [2.75, 3.05) is 19.6 Å². The fourth-order valence-corrected chi connectivity index (χ4v) is 5.54. The first kappa shape index (κ1) is 28.3. The molecule has 0 aromatic heterocycles. The predicted molar refractivity (Wildman–Crippen MR) is 155 cm³/mol. The summed E-state index contributed by atoms with van der Waals surface area (Å²) >= 11 is 0. The van der Waals surface area contributed by atoms with E-state index in [1.807, 2.05) is 66.7 Å². The van der Waals surface area contributed by atoms with E-state index in [0.717, 1.165) is 47.5 Å². The molecule has 2 aliphatic rings. The van der Waals surface area contributed by atoms with Gasteiger partial charge < -0.3 is 30.1 Å². The molecule has 0 saturated carbocycles. The molecular weight excluding hydrogens is 502 g/mol. The Kier molecular flexibility index (Phi) is 9.84. The Labute approximate surface area is 237 Å². The van der Waals surface area contributed by atoms with Crippen LogP contribution in [0, 0.1) is 5.92 Å². The van der Waals surface area contributed by atoms with Crippen LogP contribution in [0.15, 0.2) is 78.9 Å². The van der Waals surface area contributed by atoms with Crippen molar-refractivity contribution >= 4 is 6.03 Å². The molecule has 2 saturated heterocycles. The zero-order chi connectivity index (χ0) is 27.7. The molecule has 0 unspecified atom stereocenters. The van der Waals surface area contributed by atoms with Crippen LogP contribution >= 0.6 is 0 Å². The third kappa shape index (κ3) is 7.49. The molecule has 3 aromatic carbocycles. The van der Waals surface area contributed by atoms with Crippen molar-refractivity contribution in [1.82, 2.24) is 15.5 Å². The van der Waals surface area contributed by atoms with Crippen molar-refractivity contribution in [3.05, 3.63) is 107 Å². The van der Waals surface area contributed by atoms with E-state index in [9.17, 15) is 9.90 Å². The zero-order valence-electron chi connectivity index (χ0n) is 23.3. The number of carbonyl (C=O) groups excluding carboxylic acids is 1. The number of likely N-dealkylation sites (tertiary alicyclic amines) is 1. The number of rotatable bonds is 9. The topological polar surface area (TPSA) is 83.1 Å². The van der Waals surface area contributed by atoms with E-state index in [2.05, 4.69) is 34.6 Å². The molecule has 0 bridgehead atoms. The van der Waals surface area contributed by atoms with Crippen LogP contribution in [0.1, 0.15) is 66.4 Å². The molecule has 2 amide bonds. The maximum absolute atomic E-state index is 12.3. The Morgan fingerprint density at radius 1 is 0.800 bits per heavy atom. The zero-order valence-corrected chi connectivity index (χ0v) is 23.3. The predicted octanol–water partition coefficient (Wildman–Crippen LogP) is 5.46. The molecule has 4 atom stereocenters. The number of piperidine rings is 1. The minimum Gasteiger partial charge on any atom is -0.392 e. The number of aliphatic hydroxyl groups is 1. The van der Waals surface area contributed by atoms with E-state index in [4.69, 9.17) is 9.47 Å². The fraction of sp³-hybridized carbons (Fsp3) is 0.424. The van der Waals surface area contributed by atoms with Gasteiger partial charge in [0.05, 0.1) is 18.8 Å². The molecule has 3 aromatic rings. The molecule has 2 heterocycles. The molecule has 5 rings (SSSR count). The standard InChI is InChI=1S/C33H41N3O4/c1-24-30(22-36-18-6-3-7-19-36)39-32(40-31(24)28-14-12-27(23-37)13-15-28)29-16-10-26(11-17-29)21-35-33(38)34-20-25-8-4-2-5-9-25/h2,4-5,8-17,24,30-32,37H,3,6-7,18-23H2,1H3,(H2,34,35,38)/t24-,30+,31+,32+/m0/s1. The molecule has 7 nitrogen and oxygen atoms in total. The molecule has 0 aliphatic carbocycles. The second kappa shape index (κ2) is 13.9. The van der Waals surface area contributed by atoms with E-state index in [1.54, 1.807) is 0 Å². The monoisotopic (exact) mass is 543 g/mol. The number of benzene rings is 3. The van der Waals surface area contributed by atoms with Crippen LogP contribution in [0.5, 0.6) is 0 Å². The summed E-state index contributed by atoms with van der Waals surface area (Å²) in [4.78, 5) is 14.8. The number of nitrogens with zero attached hydrogens (tertiary/aromatic N) is 1. The van der Waals surface area contributed by atoms with Gasteiger partial charge in [-0.1, -0.05) is 92.2 Å². The highest BCUT2D eigenvalue weighted by Gasteiger charge is 2.39. The summed E-state index contributed by atoms with van der Waals surface area (Å²) in [6.07, 6.45) is 3.23. The van der Waals surface area contributed by atoms with Gasteiger partial charge in [-0.15, -0.1) is 0 Å². The van der Waals surface area contributed by atoms with E-state index in [1.165, 1.54) is 19.3 Å². The van der Waals surface area contributed by atoms with E-state index in [-0.39, 0.29) is 30.8 Å².